The summed E-state index contributed by atoms with van der Waals surface area (Å²) in [6.45, 7) is 1.12. The molecule has 1 aromatic carbocycles. The molecule has 0 unspecified atom stereocenters. The summed E-state index contributed by atoms with van der Waals surface area (Å²) in [5.74, 6) is 0.816. The van der Waals surface area contributed by atoms with Gasteiger partial charge in [-0.05, 0) is 26.2 Å². The Balaban J connectivity index is 2.42. The van der Waals surface area contributed by atoms with E-state index in [1.807, 2.05) is 26.2 Å². The Morgan fingerprint density at radius 2 is 2.24 bits per heavy atom. The highest BCUT2D eigenvalue weighted by Crippen LogP contribution is 2.27. The molecule has 0 amide bonds. The zero-order valence-electron chi connectivity index (χ0n) is 10.2. The fourth-order valence-corrected chi connectivity index (χ4v) is 1.86. The van der Waals surface area contributed by atoms with E-state index in [1.165, 1.54) is 0 Å². The third-order valence-corrected chi connectivity index (χ3v) is 2.54. The second-order valence-electron chi connectivity index (χ2n) is 4.21. The van der Waals surface area contributed by atoms with Gasteiger partial charge in [0.2, 0.25) is 0 Å². The quantitative estimate of drug-likeness (QED) is 0.820. The Labute approximate surface area is 101 Å². The minimum atomic E-state index is 0.0241. The number of nitrogens with one attached hydrogen (secondary N) is 1. The maximum Gasteiger partial charge on any atom is 0.126 e. The van der Waals surface area contributed by atoms with Crippen LogP contribution in [0.4, 0.5) is 0 Å². The van der Waals surface area contributed by atoms with Gasteiger partial charge < -0.3 is 19.7 Å². The van der Waals surface area contributed by atoms with Crippen molar-refractivity contribution in [1.82, 2.24) is 9.88 Å². The summed E-state index contributed by atoms with van der Waals surface area (Å²) in [5, 5.41) is 9.88. The summed E-state index contributed by atoms with van der Waals surface area (Å²) in [5.41, 5.74) is 2.15. The first-order valence-corrected chi connectivity index (χ1v) is 5.61. The number of H-pyrrole nitrogens is 1. The van der Waals surface area contributed by atoms with Crippen LogP contribution in [0.15, 0.2) is 18.3 Å². The Hall–Kier alpha value is -1.52. The van der Waals surface area contributed by atoms with Gasteiger partial charge in [0, 0.05) is 29.8 Å². The van der Waals surface area contributed by atoms with Gasteiger partial charge in [0.1, 0.15) is 12.4 Å². The number of rotatable bonds is 5. The number of aliphatic hydroxyl groups excluding tert-OH is 1. The number of aromatic nitrogens is 1. The third kappa shape index (κ3) is 2.60. The minimum Gasteiger partial charge on any atom is -0.491 e. The van der Waals surface area contributed by atoms with Gasteiger partial charge in [-0.25, -0.2) is 0 Å². The number of hydrogen-bond acceptors (Lipinski definition) is 3. The molecule has 0 spiro atoms. The van der Waals surface area contributed by atoms with Crippen LogP contribution in [-0.2, 0) is 6.54 Å². The molecule has 0 bridgehead atoms. The van der Waals surface area contributed by atoms with Crippen LogP contribution in [0.2, 0.25) is 0 Å². The minimum absolute atomic E-state index is 0.0241. The van der Waals surface area contributed by atoms with E-state index in [9.17, 15) is 0 Å². The fraction of sp³-hybridized carbons (Fsp3) is 0.385. The van der Waals surface area contributed by atoms with Gasteiger partial charge >= 0.3 is 0 Å². The molecule has 1 heterocycles. The first-order chi connectivity index (χ1) is 8.22. The Bertz CT molecular complexity index is 491. The van der Waals surface area contributed by atoms with Crippen molar-refractivity contribution >= 4 is 10.9 Å². The summed E-state index contributed by atoms with van der Waals surface area (Å²) in [6, 6.07) is 7.04. The lowest BCUT2D eigenvalue weighted by Gasteiger charge is -2.15. The molecule has 0 saturated heterocycles. The van der Waals surface area contributed by atoms with Crippen LogP contribution in [0.1, 0.15) is 5.56 Å². The standard InChI is InChI=1S/C13H17N2O2/c1-15(2)9-11-12(17-8-7-16)4-3-10-5-6-14-13(10)11/h3-4,6,14,16H,7-9H2,1-2H3. The summed E-state index contributed by atoms with van der Waals surface area (Å²) in [7, 11) is 4.03. The van der Waals surface area contributed by atoms with Crippen molar-refractivity contribution in [3.63, 3.8) is 0 Å². The smallest absolute Gasteiger partial charge is 0.126 e. The molecule has 2 rings (SSSR count). The van der Waals surface area contributed by atoms with Crippen LogP contribution < -0.4 is 4.74 Å². The van der Waals surface area contributed by atoms with Crippen LogP contribution in [0.25, 0.3) is 10.9 Å². The molecule has 4 nitrogen and oxygen atoms in total. The second kappa shape index (κ2) is 5.21. The van der Waals surface area contributed by atoms with Gasteiger partial charge in [0.25, 0.3) is 0 Å². The van der Waals surface area contributed by atoms with Gasteiger partial charge in [0.15, 0.2) is 0 Å². The molecule has 0 aliphatic heterocycles. The highest BCUT2D eigenvalue weighted by molar-refractivity contribution is 5.84. The number of aliphatic hydroxyl groups is 1. The van der Waals surface area contributed by atoms with Gasteiger partial charge in [-0.3, -0.25) is 0 Å². The van der Waals surface area contributed by atoms with Crippen LogP contribution in [0, 0.1) is 6.07 Å². The molecular weight excluding hydrogens is 216 g/mol. The van der Waals surface area contributed by atoms with Crippen LogP contribution in [0.3, 0.4) is 0 Å². The molecule has 91 valence electrons. The van der Waals surface area contributed by atoms with Gasteiger partial charge in [-0.15, -0.1) is 0 Å². The van der Waals surface area contributed by atoms with E-state index < -0.39 is 0 Å². The largest absolute Gasteiger partial charge is 0.491 e. The van der Waals surface area contributed by atoms with E-state index >= 15 is 0 Å². The monoisotopic (exact) mass is 233 g/mol. The van der Waals surface area contributed by atoms with Crippen molar-refractivity contribution in [3.8, 4) is 5.75 Å². The van der Waals surface area contributed by atoms with Crippen LogP contribution in [0.5, 0.6) is 5.75 Å². The Morgan fingerprint density at radius 1 is 1.41 bits per heavy atom. The van der Waals surface area contributed by atoms with E-state index in [1.54, 1.807) is 6.20 Å². The van der Waals surface area contributed by atoms with Gasteiger partial charge in [0.05, 0.1) is 12.1 Å². The lowest BCUT2D eigenvalue weighted by molar-refractivity contribution is 0.199. The lowest BCUT2D eigenvalue weighted by Crippen LogP contribution is -2.13. The average Bonchev–Trinajstić information content (AvgIpc) is 2.75. The summed E-state index contributed by atoms with van der Waals surface area (Å²) < 4.78 is 5.55. The number of benzene rings is 1. The van der Waals surface area contributed by atoms with E-state index in [0.29, 0.717) is 6.61 Å². The maximum absolute atomic E-state index is 8.82. The molecule has 0 atom stereocenters. The van der Waals surface area contributed by atoms with Gasteiger partial charge in [-0.2, -0.15) is 0 Å². The zero-order valence-corrected chi connectivity index (χ0v) is 10.2. The Kier molecular flexibility index (Phi) is 3.66. The predicted octanol–water partition coefficient (Wildman–Crippen LogP) is 1.40. The molecule has 0 aliphatic rings. The van der Waals surface area contributed by atoms with Crippen molar-refractivity contribution in [1.29, 1.82) is 0 Å². The summed E-state index contributed by atoms with van der Waals surface area (Å²) in [4.78, 5) is 5.27. The van der Waals surface area contributed by atoms with Crippen molar-refractivity contribution in [3.05, 3.63) is 30.0 Å². The van der Waals surface area contributed by atoms with Crippen LogP contribution >= 0.6 is 0 Å². The highest BCUT2D eigenvalue weighted by Gasteiger charge is 2.10. The van der Waals surface area contributed by atoms with E-state index in [2.05, 4.69) is 16.0 Å². The molecule has 0 aliphatic carbocycles. The maximum atomic E-state index is 8.82. The molecular formula is C13H17N2O2. The first-order valence-electron chi connectivity index (χ1n) is 5.61. The molecule has 2 aromatic rings. The normalized spacial score (nSPS) is 11.3. The van der Waals surface area contributed by atoms with Crippen molar-refractivity contribution in [2.75, 3.05) is 27.3 Å². The molecule has 1 aromatic heterocycles. The second-order valence-corrected chi connectivity index (χ2v) is 4.21. The summed E-state index contributed by atoms with van der Waals surface area (Å²) in [6.07, 6.45) is 1.81. The van der Waals surface area contributed by atoms with Crippen molar-refractivity contribution in [2.24, 2.45) is 0 Å². The van der Waals surface area contributed by atoms with E-state index in [0.717, 1.165) is 28.8 Å². The Morgan fingerprint density at radius 3 is 2.94 bits per heavy atom. The van der Waals surface area contributed by atoms with Crippen molar-refractivity contribution < 1.29 is 9.84 Å². The number of nitrogens with zero attached hydrogens (tertiary/aromatic N) is 1. The van der Waals surface area contributed by atoms with E-state index in [-0.39, 0.29) is 6.61 Å². The summed E-state index contributed by atoms with van der Waals surface area (Å²) >= 11 is 0. The molecule has 4 heteroatoms. The van der Waals surface area contributed by atoms with Gasteiger partial charge in [-0.1, -0.05) is 0 Å². The lowest BCUT2D eigenvalue weighted by atomic mass is 10.1. The third-order valence-electron chi connectivity index (χ3n) is 2.54. The average molecular weight is 233 g/mol. The molecule has 0 saturated carbocycles. The van der Waals surface area contributed by atoms with E-state index in [4.69, 9.17) is 9.84 Å². The molecule has 17 heavy (non-hydrogen) atoms. The number of ether oxygens (including phenoxy) is 1. The number of aromatic amines is 1. The fourth-order valence-electron chi connectivity index (χ4n) is 1.86. The zero-order chi connectivity index (χ0) is 12.3. The SMILES string of the molecule is CN(C)Cc1c(OCCO)ccc2[c]c[nH]c12. The van der Waals surface area contributed by atoms with Crippen LogP contribution in [-0.4, -0.2) is 42.3 Å². The van der Waals surface area contributed by atoms with Crippen molar-refractivity contribution in [2.45, 2.75) is 6.54 Å². The number of fused-ring (bicyclic) bond motifs is 1. The molecule has 1 radical (unpaired) electrons. The molecule has 2 N–H and O–H groups in total. The molecule has 0 fully saturated rings. The first kappa shape index (κ1) is 12.0. The number of hydrogen-bond donors (Lipinski definition) is 2. The topological polar surface area (TPSA) is 48.5 Å². The highest BCUT2D eigenvalue weighted by atomic mass is 16.5. The predicted molar refractivity (Wildman–Crippen MR) is 67.1 cm³/mol.